The third-order valence-corrected chi connectivity index (χ3v) is 5.25. The highest BCUT2D eigenvalue weighted by Gasteiger charge is 2.29. The molecule has 0 aromatic heterocycles. The number of halogens is 1. The summed E-state index contributed by atoms with van der Waals surface area (Å²) in [4.78, 5) is 12.8. The summed E-state index contributed by atoms with van der Waals surface area (Å²) in [6.07, 6.45) is 9.75. The fourth-order valence-electron chi connectivity index (χ4n) is 3.84. The number of fused-ring (bicyclic) bond motifs is 1. The van der Waals surface area contributed by atoms with Crippen molar-refractivity contribution in [2.45, 2.75) is 64.3 Å². The van der Waals surface area contributed by atoms with E-state index in [-0.39, 0.29) is 17.2 Å². The zero-order valence-corrected chi connectivity index (χ0v) is 14.9. The molecule has 0 bridgehead atoms. The second-order valence-electron chi connectivity index (χ2n) is 7.64. The van der Waals surface area contributed by atoms with Gasteiger partial charge >= 0.3 is 0 Å². The minimum atomic E-state index is -0.0452. The average molecular weight is 332 g/mol. The van der Waals surface area contributed by atoms with Crippen molar-refractivity contribution in [3.8, 4) is 0 Å². The van der Waals surface area contributed by atoms with Crippen LogP contribution in [0.3, 0.4) is 0 Å². The molecular formula is C20H26ClNO. The maximum Gasteiger partial charge on any atom is 0.160 e. The summed E-state index contributed by atoms with van der Waals surface area (Å²) in [6, 6.07) is 6.00. The van der Waals surface area contributed by atoms with Crippen LogP contribution in [-0.2, 0) is 11.2 Å². The third-order valence-electron chi connectivity index (χ3n) is 5.01. The smallest absolute Gasteiger partial charge is 0.160 e. The second kappa shape index (κ2) is 6.68. The van der Waals surface area contributed by atoms with Crippen molar-refractivity contribution < 1.29 is 4.79 Å². The maximum atomic E-state index is 12.8. The minimum absolute atomic E-state index is 0.0452. The first-order chi connectivity index (χ1) is 10.9. The number of carbonyl (C=O) groups excluding carboxylic acids is 1. The molecule has 2 aliphatic rings. The lowest BCUT2D eigenvalue weighted by atomic mass is 9.85. The van der Waals surface area contributed by atoms with Gasteiger partial charge in [0.2, 0.25) is 0 Å². The van der Waals surface area contributed by atoms with Gasteiger partial charge in [-0.25, -0.2) is 0 Å². The van der Waals surface area contributed by atoms with Crippen LogP contribution in [0.4, 0.5) is 0 Å². The average Bonchev–Trinajstić information content (AvgIpc) is 2.76. The molecule has 0 radical (unpaired) electrons. The molecule has 1 aliphatic carbocycles. The van der Waals surface area contributed by atoms with E-state index in [0.717, 1.165) is 35.5 Å². The van der Waals surface area contributed by atoms with E-state index >= 15 is 0 Å². The molecule has 0 unspecified atom stereocenters. The first-order valence-electron chi connectivity index (χ1n) is 8.77. The van der Waals surface area contributed by atoms with E-state index in [1.165, 1.54) is 31.2 Å². The molecule has 0 atom stereocenters. The molecule has 1 aliphatic heterocycles. The summed E-state index contributed by atoms with van der Waals surface area (Å²) in [6.45, 7) is 4.35. The van der Waals surface area contributed by atoms with E-state index in [1.807, 2.05) is 18.2 Å². The Kier molecular flexibility index (Phi) is 4.82. The van der Waals surface area contributed by atoms with Crippen molar-refractivity contribution in [1.82, 2.24) is 5.32 Å². The number of nitrogens with one attached hydrogen (secondary N) is 1. The minimum Gasteiger partial charge on any atom is -0.379 e. The molecule has 3 heteroatoms. The van der Waals surface area contributed by atoms with Gasteiger partial charge in [0.25, 0.3) is 0 Å². The summed E-state index contributed by atoms with van der Waals surface area (Å²) < 4.78 is 0. The van der Waals surface area contributed by atoms with Gasteiger partial charge in [0.1, 0.15) is 0 Å². The number of allylic oxidation sites excluding steroid dienone is 1. The molecule has 23 heavy (non-hydrogen) atoms. The van der Waals surface area contributed by atoms with E-state index < -0.39 is 0 Å². The van der Waals surface area contributed by atoms with Crippen LogP contribution < -0.4 is 5.32 Å². The summed E-state index contributed by atoms with van der Waals surface area (Å²) in [5, 5.41) is 4.26. The lowest BCUT2D eigenvalue weighted by Gasteiger charge is -2.35. The monoisotopic (exact) mass is 331 g/mol. The topological polar surface area (TPSA) is 29.1 Å². The Labute approximate surface area is 144 Å². The van der Waals surface area contributed by atoms with Gasteiger partial charge in [0.15, 0.2) is 5.78 Å². The standard InChI is InChI=1S/C20H26ClNO/c1-20(2)13-15-9-10-16(21)11-17(15)18(22-20)12-19(23)14-7-5-3-4-6-8-14/h9-12,14,22H,3-8,13H2,1-2H3. The lowest BCUT2D eigenvalue weighted by Crippen LogP contribution is -2.44. The predicted octanol–water partition coefficient (Wildman–Crippen LogP) is 5.14. The van der Waals surface area contributed by atoms with Gasteiger partial charge in [-0.3, -0.25) is 4.79 Å². The molecule has 0 spiro atoms. The largest absolute Gasteiger partial charge is 0.379 e. The Morgan fingerprint density at radius 2 is 1.91 bits per heavy atom. The highest BCUT2D eigenvalue weighted by atomic mass is 35.5. The molecular weight excluding hydrogens is 306 g/mol. The number of ketones is 1. The first kappa shape index (κ1) is 16.6. The maximum absolute atomic E-state index is 12.8. The van der Waals surface area contributed by atoms with Crippen molar-refractivity contribution in [3.63, 3.8) is 0 Å². The second-order valence-corrected chi connectivity index (χ2v) is 8.07. The molecule has 0 amide bonds. The van der Waals surface area contributed by atoms with Crippen LogP contribution in [0.2, 0.25) is 5.02 Å². The Hall–Kier alpha value is -1.28. The van der Waals surface area contributed by atoms with Gasteiger partial charge in [-0.1, -0.05) is 43.4 Å². The summed E-state index contributed by atoms with van der Waals surface area (Å²) in [5.74, 6) is 0.470. The van der Waals surface area contributed by atoms with E-state index in [1.54, 1.807) is 0 Å². The van der Waals surface area contributed by atoms with Crippen LogP contribution >= 0.6 is 11.6 Å². The van der Waals surface area contributed by atoms with Crippen LogP contribution in [-0.4, -0.2) is 11.3 Å². The zero-order chi connectivity index (χ0) is 16.4. The molecule has 124 valence electrons. The number of hydrogen-bond acceptors (Lipinski definition) is 2. The molecule has 1 aromatic rings. The van der Waals surface area contributed by atoms with E-state index in [4.69, 9.17) is 11.6 Å². The molecule has 1 N–H and O–H groups in total. The molecule has 1 saturated carbocycles. The molecule has 3 rings (SSSR count). The Morgan fingerprint density at radius 1 is 1.22 bits per heavy atom. The summed E-state index contributed by atoms with van der Waals surface area (Å²) in [7, 11) is 0. The molecule has 0 saturated heterocycles. The van der Waals surface area contributed by atoms with Crippen molar-refractivity contribution in [2.75, 3.05) is 0 Å². The first-order valence-corrected chi connectivity index (χ1v) is 9.15. The number of carbonyl (C=O) groups is 1. The van der Waals surface area contributed by atoms with Gasteiger partial charge in [-0.05, 0) is 50.8 Å². The Bertz CT molecular complexity index is 625. The van der Waals surface area contributed by atoms with Crippen molar-refractivity contribution >= 4 is 23.1 Å². The van der Waals surface area contributed by atoms with Crippen molar-refractivity contribution in [2.24, 2.45) is 5.92 Å². The van der Waals surface area contributed by atoms with E-state index in [0.29, 0.717) is 0 Å². The highest BCUT2D eigenvalue weighted by Crippen LogP contribution is 2.32. The molecule has 1 aromatic carbocycles. The predicted molar refractivity (Wildman–Crippen MR) is 96.5 cm³/mol. The van der Waals surface area contributed by atoms with E-state index in [2.05, 4.69) is 25.2 Å². The van der Waals surface area contributed by atoms with Crippen LogP contribution in [0.5, 0.6) is 0 Å². The summed E-state index contributed by atoms with van der Waals surface area (Å²) in [5.41, 5.74) is 3.24. The van der Waals surface area contributed by atoms with Gasteiger partial charge in [0, 0.05) is 33.8 Å². The SMILES string of the molecule is CC1(C)Cc2ccc(Cl)cc2C(=CC(=O)C2CCCCCC2)N1. The Balaban J connectivity index is 1.91. The number of rotatable bonds is 2. The normalized spacial score (nSPS) is 23.0. The number of benzene rings is 1. The lowest BCUT2D eigenvalue weighted by molar-refractivity contribution is -0.118. The van der Waals surface area contributed by atoms with Crippen LogP contribution in [0, 0.1) is 5.92 Å². The summed E-state index contributed by atoms with van der Waals surface area (Å²) >= 11 is 6.18. The van der Waals surface area contributed by atoms with Crippen LogP contribution in [0.15, 0.2) is 24.3 Å². The quantitative estimate of drug-likeness (QED) is 0.600. The number of hydrogen-bond donors (Lipinski definition) is 1. The van der Waals surface area contributed by atoms with Crippen LogP contribution in [0.25, 0.3) is 5.70 Å². The van der Waals surface area contributed by atoms with Gasteiger partial charge < -0.3 is 5.32 Å². The fourth-order valence-corrected chi connectivity index (χ4v) is 4.02. The van der Waals surface area contributed by atoms with Gasteiger partial charge in [-0.2, -0.15) is 0 Å². The zero-order valence-electron chi connectivity index (χ0n) is 14.1. The molecule has 1 heterocycles. The molecule has 2 nitrogen and oxygen atoms in total. The van der Waals surface area contributed by atoms with Gasteiger partial charge in [-0.15, -0.1) is 0 Å². The van der Waals surface area contributed by atoms with Gasteiger partial charge in [0.05, 0.1) is 0 Å². The Morgan fingerprint density at radius 3 is 2.61 bits per heavy atom. The third kappa shape index (κ3) is 3.98. The highest BCUT2D eigenvalue weighted by molar-refractivity contribution is 6.30. The van der Waals surface area contributed by atoms with E-state index in [9.17, 15) is 4.79 Å². The van der Waals surface area contributed by atoms with Crippen molar-refractivity contribution in [1.29, 1.82) is 0 Å². The van der Waals surface area contributed by atoms with Crippen molar-refractivity contribution in [3.05, 3.63) is 40.4 Å². The van der Waals surface area contributed by atoms with Crippen LogP contribution in [0.1, 0.15) is 63.5 Å². The molecule has 1 fully saturated rings. The fraction of sp³-hybridized carbons (Fsp3) is 0.550.